The first-order valence-corrected chi connectivity index (χ1v) is 8.48. The SMILES string of the molecule is O=C(COC(=O)c1ccc(CO)cc1)Nc1ccc(-c2ccccc2)cc1. The number of anilines is 1. The summed E-state index contributed by atoms with van der Waals surface area (Å²) in [6, 6.07) is 23.7. The number of nitrogens with one attached hydrogen (secondary N) is 1. The molecule has 0 fully saturated rings. The fourth-order valence-electron chi connectivity index (χ4n) is 2.53. The zero-order chi connectivity index (χ0) is 19.1. The second-order valence-electron chi connectivity index (χ2n) is 5.92. The van der Waals surface area contributed by atoms with E-state index in [1.807, 2.05) is 42.5 Å². The summed E-state index contributed by atoms with van der Waals surface area (Å²) in [7, 11) is 0. The lowest BCUT2D eigenvalue weighted by atomic mass is 10.1. The lowest BCUT2D eigenvalue weighted by molar-refractivity contribution is -0.119. The molecule has 0 bridgehead atoms. The van der Waals surface area contributed by atoms with Gasteiger partial charge in [-0.15, -0.1) is 0 Å². The summed E-state index contributed by atoms with van der Waals surface area (Å²) in [5.41, 5.74) is 3.79. The summed E-state index contributed by atoms with van der Waals surface area (Å²) in [5.74, 6) is -1.00. The number of hydrogen-bond donors (Lipinski definition) is 2. The van der Waals surface area contributed by atoms with Gasteiger partial charge in [0, 0.05) is 5.69 Å². The summed E-state index contributed by atoms with van der Waals surface area (Å²) in [6.07, 6.45) is 0. The molecule has 0 aliphatic carbocycles. The van der Waals surface area contributed by atoms with E-state index in [-0.39, 0.29) is 13.2 Å². The van der Waals surface area contributed by atoms with Crippen molar-refractivity contribution in [3.8, 4) is 11.1 Å². The summed E-state index contributed by atoms with van der Waals surface area (Å²) < 4.78 is 5.02. The molecular formula is C22H19NO4. The molecule has 0 unspecified atom stereocenters. The van der Waals surface area contributed by atoms with E-state index in [9.17, 15) is 9.59 Å². The molecule has 0 saturated carbocycles. The smallest absolute Gasteiger partial charge is 0.338 e. The third kappa shape index (κ3) is 5.03. The maximum absolute atomic E-state index is 12.0. The van der Waals surface area contributed by atoms with Crippen LogP contribution in [0.4, 0.5) is 5.69 Å². The van der Waals surface area contributed by atoms with E-state index >= 15 is 0 Å². The number of benzene rings is 3. The Labute approximate surface area is 157 Å². The van der Waals surface area contributed by atoms with E-state index in [0.717, 1.165) is 11.1 Å². The van der Waals surface area contributed by atoms with Gasteiger partial charge in [-0.05, 0) is 41.0 Å². The van der Waals surface area contributed by atoms with Crippen molar-refractivity contribution in [3.05, 3.63) is 90.0 Å². The van der Waals surface area contributed by atoms with Crippen molar-refractivity contribution in [2.24, 2.45) is 0 Å². The van der Waals surface area contributed by atoms with E-state index < -0.39 is 11.9 Å². The second kappa shape index (κ2) is 8.78. The van der Waals surface area contributed by atoms with Crippen LogP contribution < -0.4 is 5.32 Å². The van der Waals surface area contributed by atoms with E-state index in [1.165, 1.54) is 0 Å². The molecule has 136 valence electrons. The number of carbonyl (C=O) groups excluding carboxylic acids is 2. The second-order valence-corrected chi connectivity index (χ2v) is 5.92. The van der Waals surface area contributed by atoms with Gasteiger partial charge in [0.25, 0.3) is 5.91 Å². The van der Waals surface area contributed by atoms with Gasteiger partial charge in [0.2, 0.25) is 0 Å². The molecule has 0 aromatic heterocycles. The van der Waals surface area contributed by atoms with Crippen molar-refractivity contribution >= 4 is 17.6 Å². The Hall–Kier alpha value is -3.44. The molecule has 3 aromatic rings. The third-order valence-electron chi connectivity index (χ3n) is 3.98. The lowest BCUT2D eigenvalue weighted by Gasteiger charge is -2.08. The monoisotopic (exact) mass is 361 g/mol. The van der Waals surface area contributed by atoms with Crippen LogP contribution in [0.15, 0.2) is 78.9 Å². The molecule has 3 rings (SSSR count). The summed E-state index contributed by atoms with van der Waals surface area (Å²) in [4.78, 5) is 23.9. The first-order chi connectivity index (χ1) is 13.2. The highest BCUT2D eigenvalue weighted by Gasteiger charge is 2.10. The van der Waals surface area contributed by atoms with Gasteiger partial charge in [-0.25, -0.2) is 4.79 Å². The summed E-state index contributed by atoms with van der Waals surface area (Å²) in [6.45, 7) is -0.470. The van der Waals surface area contributed by atoms with Gasteiger partial charge in [0.1, 0.15) is 0 Å². The van der Waals surface area contributed by atoms with Crippen LogP contribution in [0.25, 0.3) is 11.1 Å². The van der Waals surface area contributed by atoms with Crippen LogP contribution in [0.5, 0.6) is 0 Å². The number of rotatable bonds is 6. The number of aliphatic hydroxyl groups excluding tert-OH is 1. The molecule has 1 amide bonds. The molecule has 27 heavy (non-hydrogen) atoms. The highest BCUT2D eigenvalue weighted by atomic mass is 16.5. The molecular weight excluding hydrogens is 342 g/mol. The van der Waals surface area contributed by atoms with Crippen molar-refractivity contribution in [1.82, 2.24) is 0 Å². The fraction of sp³-hybridized carbons (Fsp3) is 0.0909. The third-order valence-corrected chi connectivity index (χ3v) is 3.98. The van der Waals surface area contributed by atoms with Crippen LogP contribution in [0.3, 0.4) is 0 Å². The molecule has 0 aliphatic heterocycles. The average molecular weight is 361 g/mol. The first-order valence-electron chi connectivity index (χ1n) is 8.48. The van der Waals surface area contributed by atoms with Crippen LogP contribution in [-0.4, -0.2) is 23.6 Å². The average Bonchev–Trinajstić information content (AvgIpc) is 2.73. The lowest BCUT2D eigenvalue weighted by Crippen LogP contribution is -2.20. The molecule has 0 radical (unpaired) electrons. The van der Waals surface area contributed by atoms with Gasteiger partial charge < -0.3 is 15.2 Å². The molecule has 0 atom stereocenters. The van der Waals surface area contributed by atoms with Crippen molar-refractivity contribution in [2.75, 3.05) is 11.9 Å². The molecule has 0 spiro atoms. The number of hydrogen-bond acceptors (Lipinski definition) is 4. The normalized spacial score (nSPS) is 10.3. The minimum Gasteiger partial charge on any atom is -0.452 e. The van der Waals surface area contributed by atoms with E-state index in [2.05, 4.69) is 5.32 Å². The number of carbonyl (C=O) groups is 2. The number of esters is 1. The van der Waals surface area contributed by atoms with Crippen molar-refractivity contribution in [2.45, 2.75) is 6.61 Å². The minimum atomic E-state index is -0.589. The number of amides is 1. The molecule has 0 aliphatic rings. The van der Waals surface area contributed by atoms with Crippen molar-refractivity contribution in [3.63, 3.8) is 0 Å². The van der Waals surface area contributed by atoms with Gasteiger partial charge >= 0.3 is 5.97 Å². The topological polar surface area (TPSA) is 75.6 Å². The van der Waals surface area contributed by atoms with Gasteiger partial charge in [-0.3, -0.25) is 4.79 Å². The van der Waals surface area contributed by atoms with Crippen molar-refractivity contribution < 1.29 is 19.4 Å². The van der Waals surface area contributed by atoms with E-state index in [1.54, 1.807) is 36.4 Å². The van der Waals surface area contributed by atoms with Crippen LogP contribution in [-0.2, 0) is 16.1 Å². The Kier molecular flexibility index (Phi) is 5.97. The zero-order valence-corrected chi connectivity index (χ0v) is 14.6. The zero-order valence-electron chi connectivity index (χ0n) is 14.6. The van der Waals surface area contributed by atoms with Gasteiger partial charge in [0.05, 0.1) is 12.2 Å². The van der Waals surface area contributed by atoms with Crippen LogP contribution in [0.1, 0.15) is 15.9 Å². The van der Waals surface area contributed by atoms with Gasteiger partial charge in [0.15, 0.2) is 6.61 Å². The molecule has 2 N–H and O–H groups in total. The summed E-state index contributed by atoms with van der Waals surface area (Å²) in [5, 5.41) is 11.7. The van der Waals surface area contributed by atoms with Crippen LogP contribution >= 0.6 is 0 Å². The maximum Gasteiger partial charge on any atom is 0.338 e. The van der Waals surface area contributed by atoms with Gasteiger partial charge in [-0.2, -0.15) is 0 Å². The Morgan fingerprint density at radius 3 is 2.07 bits per heavy atom. The number of ether oxygens (including phenoxy) is 1. The van der Waals surface area contributed by atoms with Crippen molar-refractivity contribution in [1.29, 1.82) is 0 Å². The maximum atomic E-state index is 12.0. The molecule has 0 heterocycles. The highest BCUT2D eigenvalue weighted by Crippen LogP contribution is 2.20. The van der Waals surface area contributed by atoms with E-state index in [4.69, 9.17) is 9.84 Å². The van der Waals surface area contributed by atoms with Gasteiger partial charge in [-0.1, -0.05) is 54.6 Å². The highest BCUT2D eigenvalue weighted by molar-refractivity contribution is 5.95. The van der Waals surface area contributed by atoms with Crippen LogP contribution in [0.2, 0.25) is 0 Å². The number of aliphatic hydroxyl groups is 1. The van der Waals surface area contributed by atoms with E-state index in [0.29, 0.717) is 16.8 Å². The van der Waals surface area contributed by atoms with Crippen LogP contribution in [0, 0.1) is 0 Å². The Morgan fingerprint density at radius 1 is 0.815 bits per heavy atom. The Balaban J connectivity index is 1.52. The standard InChI is InChI=1S/C22H19NO4/c24-14-16-6-8-19(9-7-16)22(26)27-15-21(25)23-20-12-10-18(11-13-20)17-4-2-1-3-5-17/h1-13,24H,14-15H2,(H,23,25). The molecule has 5 heteroatoms. The molecule has 0 saturated heterocycles. The Morgan fingerprint density at radius 2 is 1.44 bits per heavy atom. The largest absolute Gasteiger partial charge is 0.452 e. The predicted molar refractivity (Wildman–Crippen MR) is 103 cm³/mol. The minimum absolute atomic E-state index is 0.0964. The predicted octanol–water partition coefficient (Wildman–Crippen LogP) is 3.64. The molecule has 5 nitrogen and oxygen atoms in total. The Bertz CT molecular complexity index is 903. The molecule has 3 aromatic carbocycles. The first kappa shape index (κ1) is 18.4. The fourth-order valence-corrected chi connectivity index (χ4v) is 2.53. The summed E-state index contributed by atoms with van der Waals surface area (Å²) >= 11 is 0. The quantitative estimate of drug-likeness (QED) is 0.657.